The quantitative estimate of drug-likeness (QED) is 0.342. The zero-order valence-electron chi connectivity index (χ0n) is 16.0. The van der Waals surface area contributed by atoms with Crippen LogP contribution in [-0.4, -0.2) is 63.2 Å². The molecule has 0 bridgehead atoms. The number of amides is 2. The molecule has 160 valence electrons. The Bertz CT molecular complexity index is 942. The number of carbonyl (C=O) groups is 5. The van der Waals surface area contributed by atoms with Crippen LogP contribution in [0.2, 0.25) is 0 Å². The Morgan fingerprint density at radius 2 is 2.03 bits per heavy atom. The fourth-order valence-corrected chi connectivity index (χ4v) is 5.25. The molecule has 1 saturated heterocycles. The molecular formula is C18H18N2O8S2. The molecule has 0 saturated carbocycles. The summed E-state index contributed by atoms with van der Waals surface area (Å²) in [5.74, 6) is -4.10. The smallest absolute Gasteiger partial charge is 0.352 e. The van der Waals surface area contributed by atoms with Crippen molar-refractivity contribution in [2.24, 2.45) is 0 Å². The van der Waals surface area contributed by atoms with Crippen LogP contribution in [0.1, 0.15) is 18.7 Å². The monoisotopic (exact) mass is 454 g/mol. The first-order valence-electron chi connectivity index (χ1n) is 8.72. The van der Waals surface area contributed by atoms with Gasteiger partial charge in [-0.2, -0.15) is 0 Å². The molecule has 2 aliphatic heterocycles. The second-order valence-electron chi connectivity index (χ2n) is 6.51. The molecule has 30 heavy (non-hydrogen) atoms. The average molecular weight is 454 g/mol. The Kier molecular flexibility index (Phi) is 6.17. The Balaban J connectivity index is 1.88. The van der Waals surface area contributed by atoms with E-state index >= 15 is 0 Å². The number of esters is 2. The molecule has 12 heteroatoms. The number of fused-ring (bicyclic) bond motifs is 1. The molecule has 0 aliphatic carbocycles. The third kappa shape index (κ3) is 4.05. The zero-order valence-corrected chi connectivity index (χ0v) is 17.6. The topological polar surface area (TPSA) is 139 Å². The van der Waals surface area contributed by atoms with Crippen molar-refractivity contribution in [3.63, 3.8) is 0 Å². The van der Waals surface area contributed by atoms with Gasteiger partial charge in [-0.15, -0.1) is 23.1 Å². The lowest BCUT2D eigenvalue weighted by Crippen LogP contribution is -2.81. The minimum atomic E-state index is -2.00. The number of rotatable bonds is 7. The van der Waals surface area contributed by atoms with E-state index < -0.39 is 40.8 Å². The summed E-state index contributed by atoms with van der Waals surface area (Å²) in [5, 5.41) is 12.9. The number of hydrogen-bond acceptors (Lipinski definition) is 9. The van der Waals surface area contributed by atoms with Gasteiger partial charge in [-0.3, -0.25) is 24.1 Å². The summed E-state index contributed by atoms with van der Waals surface area (Å²) in [5.41, 5.74) is -2.12. The van der Waals surface area contributed by atoms with Crippen molar-refractivity contribution in [1.29, 1.82) is 0 Å². The predicted octanol–water partition coefficient (Wildman–Crippen LogP) is 0.483. The maximum Gasteiger partial charge on any atom is 0.352 e. The molecule has 0 aromatic carbocycles. The van der Waals surface area contributed by atoms with E-state index in [0.717, 1.165) is 28.5 Å². The SMILES string of the molecule is CC(=O)OCC1=C(C(=O)O)N2C(=O)[C@](NC(=O)Cc3cccs3)(OC(C)=O)[C@H]2SC1. The third-order valence-electron chi connectivity index (χ3n) is 4.31. The number of carboxylic acids is 1. The van der Waals surface area contributed by atoms with E-state index in [1.807, 2.05) is 0 Å². The van der Waals surface area contributed by atoms with Gasteiger partial charge in [-0.25, -0.2) is 4.79 Å². The number of hydrogen-bond donors (Lipinski definition) is 2. The van der Waals surface area contributed by atoms with Crippen LogP contribution >= 0.6 is 23.1 Å². The van der Waals surface area contributed by atoms with Gasteiger partial charge in [0, 0.05) is 30.1 Å². The average Bonchev–Trinajstić information content (AvgIpc) is 3.16. The number of aliphatic carboxylic acids is 1. The Morgan fingerprint density at radius 1 is 1.30 bits per heavy atom. The van der Waals surface area contributed by atoms with E-state index in [-0.39, 0.29) is 30.1 Å². The molecule has 1 fully saturated rings. The Hall–Kier alpha value is -2.86. The highest BCUT2D eigenvalue weighted by Gasteiger charge is 2.68. The maximum absolute atomic E-state index is 13.0. The Labute approximate surface area is 179 Å². The maximum atomic E-state index is 13.0. The summed E-state index contributed by atoms with van der Waals surface area (Å²) in [6.07, 6.45) is -0.0231. The standard InChI is InChI=1S/C18H18N2O8S2/c1-9(21)27-7-11-8-30-17-18(28-10(2)22,16(26)20(17)14(11)15(24)25)19-13(23)6-12-4-3-5-29-12/h3-5,17H,6-8H2,1-2H3,(H,19,23)(H,24,25)/t17-,18+/m1/s1. The highest BCUT2D eigenvalue weighted by molar-refractivity contribution is 8.00. The van der Waals surface area contributed by atoms with Crippen molar-refractivity contribution in [1.82, 2.24) is 10.2 Å². The van der Waals surface area contributed by atoms with Crippen LogP contribution in [0, 0.1) is 0 Å². The van der Waals surface area contributed by atoms with Gasteiger partial charge in [0.05, 0.1) is 6.42 Å². The van der Waals surface area contributed by atoms with Gasteiger partial charge in [-0.05, 0) is 11.4 Å². The van der Waals surface area contributed by atoms with Crippen molar-refractivity contribution in [2.75, 3.05) is 12.4 Å². The molecule has 0 radical (unpaired) electrons. The van der Waals surface area contributed by atoms with E-state index in [2.05, 4.69) is 5.32 Å². The molecule has 1 aromatic heterocycles. The highest BCUT2D eigenvalue weighted by Crippen LogP contribution is 2.47. The van der Waals surface area contributed by atoms with Crippen LogP contribution in [0.15, 0.2) is 28.8 Å². The highest BCUT2D eigenvalue weighted by atomic mass is 32.2. The second-order valence-corrected chi connectivity index (χ2v) is 8.61. The third-order valence-corrected chi connectivity index (χ3v) is 6.56. The van der Waals surface area contributed by atoms with Gasteiger partial charge >= 0.3 is 17.9 Å². The normalized spacial score (nSPS) is 22.7. The summed E-state index contributed by atoms with van der Waals surface area (Å²) in [6.45, 7) is 1.99. The summed E-state index contributed by atoms with van der Waals surface area (Å²) < 4.78 is 10.1. The van der Waals surface area contributed by atoms with Crippen LogP contribution in [0.4, 0.5) is 0 Å². The van der Waals surface area contributed by atoms with Gasteiger partial charge in [0.1, 0.15) is 12.3 Å². The number of thiophene rings is 1. The number of carbonyl (C=O) groups excluding carboxylic acids is 4. The summed E-state index contributed by atoms with van der Waals surface area (Å²) in [7, 11) is 0. The van der Waals surface area contributed by atoms with Crippen LogP contribution in [0.3, 0.4) is 0 Å². The van der Waals surface area contributed by atoms with E-state index in [1.165, 1.54) is 18.3 Å². The largest absolute Gasteiger partial charge is 0.477 e. The molecule has 2 amide bonds. The molecule has 3 heterocycles. The van der Waals surface area contributed by atoms with Gasteiger partial charge in [0.25, 0.3) is 11.6 Å². The lowest BCUT2D eigenvalue weighted by Gasteiger charge is -2.55. The number of β-lactam (4-membered cyclic amide) rings is 1. The first kappa shape index (κ1) is 21.8. The molecule has 2 N–H and O–H groups in total. The fraction of sp³-hybridized carbons (Fsp3) is 0.389. The molecular weight excluding hydrogens is 436 g/mol. The first-order valence-corrected chi connectivity index (χ1v) is 10.7. The summed E-state index contributed by atoms with van der Waals surface area (Å²) in [6, 6.07) is 3.52. The van der Waals surface area contributed by atoms with E-state index in [4.69, 9.17) is 9.47 Å². The number of nitrogens with one attached hydrogen (secondary N) is 1. The molecule has 0 unspecified atom stereocenters. The minimum Gasteiger partial charge on any atom is -0.477 e. The molecule has 3 rings (SSSR count). The second kappa shape index (κ2) is 8.48. The predicted molar refractivity (Wildman–Crippen MR) is 105 cm³/mol. The van der Waals surface area contributed by atoms with E-state index in [9.17, 15) is 29.1 Å². The molecule has 2 atom stereocenters. The van der Waals surface area contributed by atoms with E-state index in [0.29, 0.717) is 0 Å². The Morgan fingerprint density at radius 3 is 2.60 bits per heavy atom. The number of nitrogens with zero attached hydrogens (tertiary/aromatic N) is 1. The lowest BCUT2D eigenvalue weighted by molar-refractivity contribution is -0.202. The summed E-state index contributed by atoms with van der Waals surface area (Å²) >= 11 is 2.46. The van der Waals surface area contributed by atoms with Gasteiger partial charge < -0.3 is 19.9 Å². The van der Waals surface area contributed by atoms with Gasteiger partial charge in [0.15, 0.2) is 5.37 Å². The van der Waals surface area contributed by atoms with Crippen molar-refractivity contribution in [3.8, 4) is 0 Å². The molecule has 10 nitrogen and oxygen atoms in total. The molecule has 0 spiro atoms. The zero-order chi connectivity index (χ0) is 22.1. The number of thioether (sulfide) groups is 1. The van der Waals surface area contributed by atoms with Crippen LogP contribution in [-0.2, 0) is 39.9 Å². The lowest BCUT2D eigenvalue weighted by atomic mass is 9.97. The number of ether oxygens (including phenoxy) is 2. The van der Waals surface area contributed by atoms with Gasteiger partial charge in [-0.1, -0.05) is 6.07 Å². The molecule has 1 aromatic rings. The molecule has 2 aliphatic rings. The van der Waals surface area contributed by atoms with Gasteiger partial charge in [0.2, 0.25) is 5.91 Å². The van der Waals surface area contributed by atoms with Crippen molar-refractivity contribution in [3.05, 3.63) is 33.7 Å². The van der Waals surface area contributed by atoms with E-state index in [1.54, 1.807) is 17.5 Å². The minimum absolute atomic E-state index is 0.0231. The number of carboxylic acid groups (broad SMARTS) is 1. The van der Waals surface area contributed by atoms with Crippen LogP contribution in [0.25, 0.3) is 0 Å². The van der Waals surface area contributed by atoms with Crippen LogP contribution < -0.4 is 5.32 Å². The van der Waals surface area contributed by atoms with Crippen molar-refractivity contribution < 1.29 is 38.6 Å². The summed E-state index contributed by atoms with van der Waals surface area (Å²) in [4.78, 5) is 61.8. The first-order chi connectivity index (χ1) is 14.2. The fourth-order valence-electron chi connectivity index (χ4n) is 3.17. The van der Waals surface area contributed by atoms with Crippen LogP contribution in [0.5, 0.6) is 0 Å². The van der Waals surface area contributed by atoms with Crippen molar-refractivity contribution in [2.45, 2.75) is 31.4 Å². The van der Waals surface area contributed by atoms with Crippen molar-refractivity contribution >= 4 is 52.8 Å².